The van der Waals surface area contributed by atoms with E-state index in [0.717, 1.165) is 29.8 Å². The molecule has 0 aliphatic carbocycles. The number of anilines is 2. The van der Waals surface area contributed by atoms with E-state index in [1.165, 1.54) is 25.3 Å². The van der Waals surface area contributed by atoms with Crippen LogP contribution in [0.4, 0.5) is 20.3 Å². The molecule has 0 fully saturated rings. The normalized spacial score (nSPS) is 14.3. The highest BCUT2D eigenvalue weighted by Gasteiger charge is 2.33. The number of amides is 1. The summed E-state index contributed by atoms with van der Waals surface area (Å²) in [6, 6.07) is 11.4. The Labute approximate surface area is 253 Å². The van der Waals surface area contributed by atoms with Crippen LogP contribution in [0.3, 0.4) is 0 Å². The Kier molecular flexibility index (Phi) is 7.66. The summed E-state index contributed by atoms with van der Waals surface area (Å²) in [5.74, 6) is -0.324. The van der Waals surface area contributed by atoms with E-state index in [9.17, 15) is 4.79 Å². The summed E-state index contributed by atoms with van der Waals surface area (Å²) < 4.78 is 41.8. The summed E-state index contributed by atoms with van der Waals surface area (Å²) in [6.45, 7) is 6.20. The Balaban J connectivity index is 1.27. The van der Waals surface area contributed by atoms with Gasteiger partial charge < -0.3 is 19.7 Å². The molecule has 6 rings (SSSR count). The standard InChI is InChI=1S/C32H30ClF2N5O3/c1-17(2)39-14-19-9-28(36-12-20(19)15-39)38-24-8-7-23(34)30(31(24)35)25-11-22(33)29-26(37-25)16-40(32(29)41)13-18-5-6-21(42-3)10-27(18)43-4/h5-12,17H,13-16H2,1-4H3,(H,36,38). The highest BCUT2D eigenvalue weighted by atomic mass is 35.5. The maximum Gasteiger partial charge on any atom is 0.257 e. The molecule has 2 aliphatic heterocycles. The highest BCUT2D eigenvalue weighted by Crippen LogP contribution is 2.37. The van der Waals surface area contributed by atoms with E-state index in [-0.39, 0.29) is 46.5 Å². The number of halogens is 3. The Bertz CT molecular complexity index is 1750. The van der Waals surface area contributed by atoms with Crippen molar-refractivity contribution in [2.45, 2.75) is 46.1 Å². The number of carbonyl (C=O) groups excluding carboxylic acids is 1. The first-order chi connectivity index (χ1) is 20.7. The van der Waals surface area contributed by atoms with E-state index in [2.05, 4.69) is 34.0 Å². The smallest absolute Gasteiger partial charge is 0.257 e. The van der Waals surface area contributed by atoms with Crippen molar-refractivity contribution in [2.75, 3.05) is 19.5 Å². The Hall–Kier alpha value is -4.28. The van der Waals surface area contributed by atoms with Crippen molar-refractivity contribution in [1.82, 2.24) is 19.8 Å². The van der Waals surface area contributed by atoms with Crippen LogP contribution in [0.15, 0.2) is 48.7 Å². The number of fused-ring (bicyclic) bond motifs is 2. The second-order valence-electron chi connectivity index (χ2n) is 10.9. The third kappa shape index (κ3) is 5.36. The molecule has 2 aromatic heterocycles. The number of nitrogens with zero attached hydrogens (tertiary/aromatic N) is 4. The van der Waals surface area contributed by atoms with Gasteiger partial charge >= 0.3 is 0 Å². The fourth-order valence-electron chi connectivity index (χ4n) is 5.52. The molecular weight excluding hydrogens is 576 g/mol. The van der Waals surface area contributed by atoms with Crippen molar-refractivity contribution >= 4 is 29.0 Å². The van der Waals surface area contributed by atoms with Crippen molar-refractivity contribution in [3.8, 4) is 22.8 Å². The van der Waals surface area contributed by atoms with E-state index >= 15 is 8.78 Å². The summed E-state index contributed by atoms with van der Waals surface area (Å²) in [6.07, 6.45) is 1.79. The second-order valence-corrected chi connectivity index (χ2v) is 11.3. The molecule has 2 aromatic carbocycles. The number of hydrogen-bond donors (Lipinski definition) is 1. The van der Waals surface area contributed by atoms with Crippen LogP contribution < -0.4 is 14.8 Å². The number of pyridine rings is 2. The fourth-order valence-corrected chi connectivity index (χ4v) is 5.82. The van der Waals surface area contributed by atoms with Gasteiger partial charge in [0.15, 0.2) is 5.82 Å². The average Bonchev–Trinajstić information content (AvgIpc) is 3.55. The molecule has 43 heavy (non-hydrogen) atoms. The minimum atomic E-state index is -0.834. The molecule has 1 N–H and O–H groups in total. The molecule has 0 unspecified atom stereocenters. The Morgan fingerprint density at radius 2 is 1.79 bits per heavy atom. The molecule has 0 spiro atoms. The van der Waals surface area contributed by atoms with Gasteiger partial charge in [0.05, 0.1) is 60.5 Å². The van der Waals surface area contributed by atoms with Gasteiger partial charge in [0, 0.05) is 37.0 Å². The van der Waals surface area contributed by atoms with Crippen molar-refractivity contribution in [3.63, 3.8) is 0 Å². The minimum Gasteiger partial charge on any atom is -0.497 e. The number of benzene rings is 2. The van der Waals surface area contributed by atoms with Gasteiger partial charge in [-0.15, -0.1) is 0 Å². The maximum atomic E-state index is 15.9. The van der Waals surface area contributed by atoms with Gasteiger partial charge in [0.1, 0.15) is 23.1 Å². The van der Waals surface area contributed by atoms with Crippen LogP contribution in [0.1, 0.15) is 46.6 Å². The fraction of sp³-hybridized carbons (Fsp3) is 0.281. The van der Waals surface area contributed by atoms with Crippen LogP contribution in [0.2, 0.25) is 5.02 Å². The van der Waals surface area contributed by atoms with E-state index in [1.807, 2.05) is 12.1 Å². The van der Waals surface area contributed by atoms with Gasteiger partial charge in [-0.3, -0.25) is 9.69 Å². The molecule has 11 heteroatoms. The third-order valence-electron chi connectivity index (χ3n) is 7.91. The average molecular weight is 606 g/mol. The first-order valence-electron chi connectivity index (χ1n) is 13.8. The summed E-state index contributed by atoms with van der Waals surface area (Å²) in [5.41, 5.74) is 3.25. The molecule has 0 radical (unpaired) electrons. The van der Waals surface area contributed by atoms with Gasteiger partial charge in [-0.1, -0.05) is 11.6 Å². The number of nitrogens with one attached hydrogen (secondary N) is 1. The number of rotatable bonds is 8. The zero-order valence-corrected chi connectivity index (χ0v) is 24.9. The number of ether oxygens (including phenoxy) is 2. The van der Waals surface area contributed by atoms with Crippen molar-refractivity contribution in [1.29, 1.82) is 0 Å². The highest BCUT2D eigenvalue weighted by molar-refractivity contribution is 6.34. The first kappa shape index (κ1) is 28.8. The zero-order valence-electron chi connectivity index (χ0n) is 24.2. The van der Waals surface area contributed by atoms with Crippen LogP contribution in [0.25, 0.3) is 11.3 Å². The quantitative estimate of drug-likeness (QED) is 0.239. The monoisotopic (exact) mass is 605 g/mol. The van der Waals surface area contributed by atoms with E-state index in [0.29, 0.717) is 29.1 Å². The van der Waals surface area contributed by atoms with E-state index < -0.39 is 11.6 Å². The largest absolute Gasteiger partial charge is 0.497 e. The Morgan fingerprint density at radius 1 is 1.00 bits per heavy atom. The third-order valence-corrected chi connectivity index (χ3v) is 8.21. The number of carbonyl (C=O) groups is 1. The van der Waals surface area contributed by atoms with Crippen LogP contribution in [0, 0.1) is 11.6 Å². The topological polar surface area (TPSA) is 79.8 Å². The number of methoxy groups -OCH3 is 2. The van der Waals surface area contributed by atoms with Gasteiger partial charge in [0.2, 0.25) is 0 Å². The number of hydrogen-bond acceptors (Lipinski definition) is 7. The van der Waals surface area contributed by atoms with Crippen LogP contribution in [-0.4, -0.2) is 45.9 Å². The summed E-state index contributed by atoms with van der Waals surface area (Å²) in [7, 11) is 3.10. The lowest BCUT2D eigenvalue weighted by molar-refractivity contribution is 0.0765. The molecule has 0 saturated heterocycles. The van der Waals surface area contributed by atoms with Crippen LogP contribution >= 0.6 is 11.6 Å². The predicted octanol–water partition coefficient (Wildman–Crippen LogP) is 6.72. The SMILES string of the molecule is COc1ccc(CN2Cc3nc(-c4c(F)ccc(Nc5cc6c(cn5)CN(C(C)C)C6)c4F)cc(Cl)c3C2=O)c(OC)c1. The second kappa shape index (κ2) is 11.4. The van der Waals surface area contributed by atoms with Crippen LogP contribution in [-0.2, 0) is 26.2 Å². The van der Waals surface area contributed by atoms with Crippen molar-refractivity contribution in [2.24, 2.45) is 0 Å². The molecule has 0 atom stereocenters. The lowest BCUT2D eigenvalue weighted by Crippen LogP contribution is -2.24. The van der Waals surface area contributed by atoms with Crippen molar-refractivity contribution in [3.05, 3.63) is 93.3 Å². The molecule has 4 aromatic rings. The van der Waals surface area contributed by atoms with E-state index in [4.69, 9.17) is 21.1 Å². The zero-order chi connectivity index (χ0) is 30.4. The molecule has 222 valence electrons. The molecule has 2 aliphatic rings. The Morgan fingerprint density at radius 3 is 2.53 bits per heavy atom. The number of aromatic nitrogens is 2. The summed E-state index contributed by atoms with van der Waals surface area (Å²) in [5, 5.41) is 3.07. The molecule has 0 bridgehead atoms. The van der Waals surface area contributed by atoms with Gasteiger partial charge in [0.25, 0.3) is 5.91 Å². The lowest BCUT2D eigenvalue weighted by atomic mass is 10.1. The van der Waals surface area contributed by atoms with Gasteiger partial charge in [-0.2, -0.15) is 0 Å². The molecule has 8 nitrogen and oxygen atoms in total. The van der Waals surface area contributed by atoms with Crippen LogP contribution in [0.5, 0.6) is 11.5 Å². The molecular formula is C32H30ClF2N5O3. The predicted molar refractivity (Wildman–Crippen MR) is 160 cm³/mol. The first-order valence-corrected chi connectivity index (χ1v) is 14.2. The minimum absolute atomic E-state index is 0.00596. The van der Waals surface area contributed by atoms with E-state index in [1.54, 1.807) is 30.3 Å². The lowest BCUT2D eigenvalue weighted by Gasteiger charge is -2.18. The van der Waals surface area contributed by atoms with Gasteiger partial charge in [-0.25, -0.2) is 18.7 Å². The van der Waals surface area contributed by atoms with Crippen molar-refractivity contribution < 1.29 is 23.0 Å². The summed E-state index contributed by atoms with van der Waals surface area (Å²) >= 11 is 6.55. The molecule has 4 heterocycles. The van der Waals surface area contributed by atoms with Gasteiger partial charge in [-0.05, 0) is 61.4 Å². The maximum absolute atomic E-state index is 15.9. The molecule has 0 saturated carbocycles. The summed E-state index contributed by atoms with van der Waals surface area (Å²) in [4.78, 5) is 26.1. The molecule has 1 amide bonds.